The van der Waals surface area contributed by atoms with E-state index in [1.165, 1.54) is 7.11 Å². The number of nitrogens with one attached hydrogen (secondary N) is 1. The molecule has 144 valence electrons. The first-order valence-electron chi connectivity index (χ1n) is 8.67. The van der Waals surface area contributed by atoms with E-state index in [1.807, 2.05) is 32.0 Å². The third kappa shape index (κ3) is 5.99. The van der Waals surface area contributed by atoms with Gasteiger partial charge in [0, 0.05) is 12.6 Å². The molecular weight excluding hydrogens is 348 g/mol. The van der Waals surface area contributed by atoms with Gasteiger partial charge in [0.2, 0.25) is 5.88 Å². The smallest absolute Gasteiger partial charge is 0.308 e. The highest BCUT2D eigenvalue weighted by Crippen LogP contribution is 2.21. The lowest BCUT2D eigenvalue weighted by Crippen LogP contribution is -2.34. The second-order valence-corrected chi connectivity index (χ2v) is 6.29. The van der Waals surface area contributed by atoms with Crippen LogP contribution in [0.15, 0.2) is 42.5 Å². The van der Waals surface area contributed by atoms with E-state index in [2.05, 4.69) is 10.3 Å². The Morgan fingerprint density at radius 1 is 1.15 bits per heavy atom. The van der Waals surface area contributed by atoms with Crippen LogP contribution in [0.5, 0.6) is 11.6 Å². The quantitative estimate of drug-likeness (QED) is 0.702. The van der Waals surface area contributed by atoms with Crippen molar-refractivity contribution in [1.29, 1.82) is 0 Å². The van der Waals surface area contributed by atoms with Crippen molar-refractivity contribution in [3.8, 4) is 11.6 Å². The Morgan fingerprint density at radius 3 is 2.56 bits per heavy atom. The maximum absolute atomic E-state index is 12.3. The van der Waals surface area contributed by atoms with Crippen LogP contribution in [-0.4, -0.2) is 41.7 Å². The van der Waals surface area contributed by atoms with E-state index in [0.29, 0.717) is 11.6 Å². The Hall–Kier alpha value is -3.09. The molecule has 7 nitrogen and oxygen atoms in total. The maximum atomic E-state index is 12.3. The minimum atomic E-state index is -0.994. The summed E-state index contributed by atoms with van der Waals surface area (Å²) in [4.78, 5) is 28.1. The highest BCUT2D eigenvalue weighted by Gasteiger charge is 2.21. The predicted octanol–water partition coefficient (Wildman–Crippen LogP) is 2.55. The Balaban J connectivity index is 2.03. The summed E-state index contributed by atoms with van der Waals surface area (Å²) in [7, 11) is 1.54. The van der Waals surface area contributed by atoms with E-state index < -0.39 is 17.8 Å². The van der Waals surface area contributed by atoms with Gasteiger partial charge in [-0.1, -0.05) is 24.3 Å². The van der Waals surface area contributed by atoms with Gasteiger partial charge in [-0.3, -0.25) is 9.59 Å². The molecule has 2 rings (SSSR count). The number of para-hydroxylation sites is 1. The van der Waals surface area contributed by atoms with Crippen molar-refractivity contribution < 1.29 is 24.2 Å². The fourth-order valence-electron chi connectivity index (χ4n) is 2.54. The van der Waals surface area contributed by atoms with Crippen LogP contribution < -0.4 is 14.8 Å². The van der Waals surface area contributed by atoms with Crippen LogP contribution in [0.4, 0.5) is 0 Å². The van der Waals surface area contributed by atoms with Gasteiger partial charge in [0.15, 0.2) is 0 Å². The van der Waals surface area contributed by atoms with Crippen molar-refractivity contribution in [2.75, 3.05) is 13.7 Å². The molecule has 0 aliphatic rings. The molecule has 0 saturated heterocycles. The summed E-state index contributed by atoms with van der Waals surface area (Å²) in [6.07, 6.45) is 0.178. The maximum Gasteiger partial charge on any atom is 0.308 e. The first kappa shape index (κ1) is 20.2. The summed E-state index contributed by atoms with van der Waals surface area (Å²) in [5.74, 6) is -1.27. The number of carbonyl (C=O) groups excluding carboxylic acids is 1. The molecule has 0 saturated carbocycles. The second-order valence-electron chi connectivity index (χ2n) is 6.29. The first-order valence-corrected chi connectivity index (χ1v) is 8.67. The van der Waals surface area contributed by atoms with Crippen LogP contribution in [0.3, 0.4) is 0 Å². The van der Waals surface area contributed by atoms with Crippen LogP contribution in [0.25, 0.3) is 0 Å². The van der Waals surface area contributed by atoms with Gasteiger partial charge in [0.05, 0.1) is 19.1 Å². The van der Waals surface area contributed by atoms with E-state index in [9.17, 15) is 14.7 Å². The van der Waals surface area contributed by atoms with Crippen LogP contribution in [-0.2, 0) is 11.2 Å². The minimum absolute atomic E-state index is 0.0246. The fraction of sp³-hybridized carbons (Fsp3) is 0.350. The highest BCUT2D eigenvalue weighted by atomic mass is 16.5. The molecule has 1 amide bonds. The molecule has 1 aromatic heterocycles. The third-order valence-corrected chi connectivity index (χ3v) is 3.83. The van der Waals surface area contributed by atoms with E-state index in [1.54, 1.807) is 24.3 Å². The summed E-state index contributed by atoms with van der Waals surface area (Å²) in [5.41, 5.74) is 0.946. The monoisotopic (exact) mass is 372 g/mol. The molecule has 0 fully saturated rings. The average Bonchev–Trinajstić information content (AvgIpc) is 2.64. The van der Waals surface area contributed by atoms with Gasteiger partial charge in [-0.2, -0.15) is 0 Å². The molecule has 1 aromatic carbocycles. The molecule has 27 heavy (non-hydrogen) atoms. The van der Waals surface area contributed by atoms with Gasteiger partial charge in [-0.15, -0.1) is 0 Å². The number of amides is 1. The van der Waals surface area contributed by atoms with Crippen LogP contribution >= 0.6 is 0 Å². The van der Waals surface area contributed by atoms with Crippen molar-refractivity contribution in [3.63, 3.8) is 0 Å². The molecular formula is C20H24N2O5. The fourth-order valence-corrected chi connectivity index (χ4v) is 2.54. The van der Waals surface area contributed by atoms with Crippen molar-refractivity contribution in [3.05, 3.63) is 53.7 Å². The molecule has 1 heterocycles. The van der Waals surface area contributed by atoms with Gasteiger partial charge in [0.25, 0.3) is 5.91 Å². The molecule has 0 aliphatic carbocycles. The number of benzene rings is 1. The molecule has 0 aliphatic heterocycles. The number of ether oxygens (including phenoxy) is 2. The number of pyridine rings is 1. The van der Waals surface area contributed by atoms with Gasteiger partial charge in [-0.25, -0.2) is 4.98 Å². The number of aromatic nitrogens is 1. The number of methoxy groups -OCH3 is 1. The second kappa shape index (κ2) is 9.56. The van der Waals surface area contributed by atoms with Crippen LogP contribution in [0.1, 0.15) is 29.9 Å². The SMILES string of the molecule is COc1ccccc1CC(CNC(=O)c1cccc(OC(C)C)n1)C(=O)O. The average molecular weight is 372 g/mol. The number of carbonyl (C=O) groups is 2. The lowest BCUT2D eigenvalue weighted by atomic mass is 9.98. The van der Waals surface area contributed by atoms with Gasteiger partial charge in [-0.05, 0) is 38.0 Å². The van der Waals surface area contributed by atoms with E-state index >= 15 is 0 Å². The minimum Gasteiger partial charge on any atom is -0.496 e. The number of carboxylic acid groups (broad SMARTS) is 1. The number of rotatable bonds is 9. The number of hydrogen-bond acceptors (Lipinski definition) is 5. The van der Waals surface area contributed by atoms with Crippen molar-refractivity contribution in [2.24, 2.45) is 5.92 Å². The van der Waals surface area contributed by atoms with Gasteiger partial charge >= 0.3 is 5.97 Å². The zero-order valence-electron chi connectivity index (χ0n) is 15.6. The van der Waals surface area contributed by atoms with Crippen molar-refractivity contribution >= 4 is 11.9 Å². The number of hydrogen-bond donors (Lipinski definition) is 2. The van der Waals surface area contributed by atoms with Gasteiger partial charge in [0.1, 0.15) is 11.4 Å². The van der Waals surface area contributed by atoms with Gasteiger partial charge < -0.3 is 19.9 Å². The van der Waals surface area contributed by atoms with Crippen LogP contribution in [0, 0.1) is 5.92 Å². The van der Waals surface area contributed by atoms with E-state index in [4.69, 9.17) is 9.47 Å². The number of aliphatic carboxylic acids is 1. The Kier molecular flexibility index (Phi) is 7.16. The lowest BCUT2D eigenvalue weighted by molar-refractivity contribution is -0.141. The Bertz CT molecular complexity index is 791. The largest absolute Gasteiger partial charge is 0.496 e. The lowest BCUT2D eigenvalue weighted by Gasteiger charge is -2.15. The molecule has 0 radical (unpaired) electrons. The van der Waals surface area contributed by atoms with Crippen molar-refractivity contribution in [1.82, 2.24) is 10.3 Å². The number of carboxylic acids is 1. The summed E-state index contributed by atoms with van der Waals surface area (Å²) >= 11 is 0. The molecule has 2 aromatic rings. The van der Waals surface area contributed by atoms with E-state index in [0.717, 1.165) is 5.56 Å². The Labute approximate surface area is 158 Å². The number of nitrogens with zero attached hydrogens (tertiary/aromatic N) is 1. The highest BCUT2D eigenvalue weighted by molar-refractivity contribution is 5.92. The molecule has 0 spiro atoms. The zero-order valence-corrected chi connectivity index (χ0v) is 15.6. The molecule has 1 atom stereocenters. The molecule has 7 heteroatoms. The molecule has 2 N–H and O–H groups in total. The normalized spacial score (nSPS) is 11.7. The van der Waals surface area contributed by atoms with E-state index in [-0.39, 0.29) is 24.8 Å². The Morgan fingerprint density at radius 2 is 1.89 bits per heavy atom. The summed E-state index contributed by atoms with van der Waals surface area (Å²) in [5, 5.41) is 12.1. The first-order chi connectivity index (χ1) is 12.9. The summed E-state index contributed by atoms with van der Waals surface area (Å²) < 4.78 is 10.7. The molecule has 0 bridgehead atoms. The predicted molar refractivity (Wildman–Crippen MR) is 100 cm³/mol. The molecule has 1 unspecified atom stereocenters. The topological polar surface area (TPSA) is 97.8 Å². The standard InChI is InChI=1S/C20H24N2O5/c1-13(2)27-18-10-6-8-16(22-18)19(23)21-12-15(20(24)25)11-14-7-4-5-9-17(14)26-3/h4-10,13,15H,11-12H2,1-3H3,(H,21,23)(H,24,25). The summed E-state index contributed by atoms with van der Waals surface area (Å²) in [6, 6.07) is 12.1. The summed E-state index contributed by atoms with van der Waals surface area (Å²) in [6.45, 7) is 3.70. The zero-order chi connectivity index (χ0) is 19.8. The third-order valence-electron chi connectivity index (χ3n) is 3.83. The van der Waals surface area contributed by atoms with Crippen molar-refractivity contribution in [2.45, 2.75) is 26.4 Å². The van der Waals surface area contributed by atoms with Crippen LogP contribution in [0.2, 0.25) is 0 Å².